The Morgan fingerprint density at radius 1 is 1.17 bits per heavy atom. The van der Waals surface area contributed by atoms with Crippen molar-refractivity contribution in [2.45, 2.75) is 32.1 Å². The van der Waals surface area contributed by atoms with E-state index in [1.165, 1.54) is 12.1 Å². The van der Waals surface area contributed by atoms with Gasteiger partial charge in [-0.25, -0.2) is 4.39 Å². The minimum absolute atomic E-state index is 0.0838. The Hall–Kier alpha value is -2.36. The second kappa shape index (κ2) is 8.32. The highest BCUT2D eigenvalue weighted by molar-refractivity contribution is 5.69. The van der Waals surface area contributed by atoms with Gasteiger partial charge in [0.05, 0.1) is 13.0 Å². The summed E-state index contributed by atoms with van der Waals surface area (Å²) in [6, 6.07) is 13.5. The number of aliphatic carboxylic acids is 1. The zero-order valence-corrected chi connectivity index (χ0v) is 13.2. The summed E-state index contributed by atoms with van der Waals surface area (Å²) in [5, 5.41) is 9.16. The number of carbonyl (C=O) groups is 1. The molecule has 0 spiro atoms. The van der Waals surface area contributed by atoms with Crippen molar-refractivity contribution >= 4 is 5.97 Å². The van der Waals surface area contributed by atoms with Crippen molar-refractivity contribution in [3.8, 4) is 5.75 Å². The molecular formula is C19H21FO3. The third kappa shape index (κ3) is 5.09. The van der Waals surface area contributed by atoms with Crippen LogP contribution in [0, 0.1) is 5.82 Å². The molecule has 0 bridgehead atoms. The predicted molar refractivity (Wildman–Crippen MR) is 87.3 cm³/mol. The van der Waals surface area contributed by atoms with E-state index in [1.807, 2.05) is 24.3 Å². The van der Waals surface area contributed by atoms with E-state index in [-0.39, 0.29) is 18.2 Å². The summed E-state index contributed by atoms with van der Waals surface area (Å²) in [6.07, 6.45) is 1.98. The normalized spacial score (nSPS) is 11.9. The van der Waals surface area contributed by atoms with Crippen LogP contribution in [0.5, 0.6) is 5.75 Å². The monoisotopic (exact) mass is 316 g/mol. The fourth-order valence-corrected chi connectivity index (χ4v) is 2.46. The van der Waals surface area contributed by atoms with Crippen LogP contribution in [0.4, 0.5) is 4.39 Å². The first-order valence-electron chi connectivity index (χ1n) is 7.80. The number of carboxylic acids is 1. The summed E-state index contributed by atoms with van der Waals surface area (Å²) >= 11 is 0. The summed E-state index contributed by atoms with van der Waals surface area (Å²) in [5.74, 6) is -0.900. The van der Waals surface area contributed by atoms with Gasteiger partial charge in [-0.05, 0) is 41.8 Å². The Morgan fingerprint density at radius 2 is 1.91 bits per heavy atom. The van der Waals surface area contributed by atoms with Gasteiger partial charge >= 0.3 is 5.97 Å². The quantitative estimate of drug-likeness (QED) is 0.723. The molecule has 0 aliphatic rings. The van der Waals surface area contributed by atoms with Gasteiger partial charge in [-0.2, -0.15) is 0 Å². The number of ether oxygens (including phenoxy) is 1. The molecular weight excluding hydrogens is 295 g/mol. The highest BCUT2D eigenvalue weighted by atomic mass is 19.1. The number of carboxylic acid groups (broad SMARTS) is 1. The van der Waals surface area contributed by atoms with Crippen LogP contribution in [0.25, 0.3) is 0 Å². The number of rotatable bonds is 8. The topological polar surface area (TPSA) is 46.5 Å². The Kier molecular flexibility index (Phi) is 6.15. The molecule has 3 nitrogen and oxygen atoms in total. The van der Waals surface area contributed by atoms with E-state index in [0.717, 1.165) is 24.2 Å². The minimum atomic E-state index is -0.914. The molecule has 0 aromatic heterocycles. The standard InChI is InChI=1S/C19H21FO3/c1-2-3-11-23-17-9-7-14(8-10-17)18(13-19(21)22)15-5-4-6-16(20)12-15/h4-10,12,18H,2-3,11,13H2,1H3,(H,21,22)/t18-/m0/s1. The molecule has 0 radical (unpaired) electrons. The fraction of sp³-hybridized carbons (Fsp3) is 0.316. The van der Waals surface area contributed by atoms with Crippen LogP contribution in [-0.4, -0.2) is 17.7 Å². The summed E-state index contributed by atoms with van der Waals surface area (Å²) in [5.41, 5.74) is 1.49. The maximum absolute atomic E-state index is 13.5. The maximum atomic E-state index is 13.5. The van der Waals surface area contributed by atoms with Crippen LogP contribution in [0.2, 0.25) is 0 Å². The molecule has 1 atom stereocenters. The lowest BCUT2D eigenvalue weighted by atomic mass is 9.88. The number of halogens is 1. The molecule has 2 aromatic carbocycles. The smallest absolute Gasteiger partial charge is 0.304 e. The molecule has 2 rings (SSSR count). The van der Waals surface area contributed by atoms with Crippen molar-refractivity contribution in [1.82, 2.24) is 0 Å². The summed E-state index contributed by atoms with van der Waals surface area (Å²) in [4.78, 5) is 11.2. The maximum Gasteiger partial charge on any atom is 0.304 e. The van der Waals surface area contributed by atoms with Crippen molar-refractivity contribution in [3.63, 3.8) is 0 Å². The fourth-order valence-electron chi connectivity index (χ4n) is 2.46. The number of unbranched alkanes of at least 4 members (excludes halogenated alkanes) is 1. The molecule has 0 heterocycles. The first kappa shape index (κ1) is 17.0. The van der Waals surface area contributed by atoms with Gasteiger partial charge in [0.15, 0.2) is 0 Å². The van der Waals surface area contributed by atoms with Crippen molar-refractivity contribution in [2.75, 3.05) is 6.61 Å². The van der Waals surface area contributed by atoms with Crippen LogP contribution < -0.4 is 4.74 Å². The van der Waals surface area contributed by atoms with E-state index in [9.17, 15) is 9.18 Å². The van der Waals surface area contributed by atoms with Crippen molar-refractivity contribution in [1.29, 1.82) is 0 Å². The first-order chi connectivity index (χ1) is 11.1. The number of hydrogen-bond donors (Lipinski definition) is 1. The molecule has 4 heteroatoms. The lowest BCUT2D eigenvalue weighted by molar-refractivity contribution is -0.137. The van der Waals surface area contributed by atoms with Gasteiger partial charge in [-0.1, -0.05) is 37.6 Å². The third-order valence-corrected chi connectivity index (χ3v) is 3.68. The van der Waals surface area contributed by atoms with Gasteiger partial charge in [-0.15, -0.1) is 0 Å². The van der Waals surface area contributed by atoms with Crippen LogP contribution in [-0.2, 0) is 4.79 Å². The SMILES string of the molecule is CCCCOc1ccc([C@H](CC(=O)O)c2cccc(F)c2)cc1. The van der Waals surface area contributed by atoms with Crippen LogP contribution >= 0.6 is 0 Å². The van der Waals surface area contributed by atoms with Gasteiger partial charge in [0.2, 0.25) is 0 Å². The Bertz CT molecular complexity index is 637. The molecule has 0 unspecified atom stereocenters. The minimum Gasteiger partial charge on any atom is -0.494 e. The van der Waals surface area contributed by atoms with Gasteiger partial charge in [0.25, 0.3) is 0 Å². The highest BCUT2D eigenvalue weighted by Crippen LogP contribution is 2.29. The Labute approximate surface area is 135 Å². The largest absolute Gasteiger partial charge is 0.494 e. The van der Waals surface area contributed by atoms with Crippen molar-refractivity contribution in [3.05, 3.63) is 65.5 Å². The first-order valence-corrected chi connectivity index (χ1v) is 7.80. The van der Waals surface area contributed by atoms with Gasteiger partial charge in [0.1, 0.15) is 11.6 Å². The van der Waals surface area contributed by atoms with Crippen LogP contribution in [0.1, 0.15) is 43.2 Å². The van der Waals surface area contributed by atoms with Gasteiger partial charge in [0, 0.05) is 5.92 Å². The molecule has 1 N–H and O–H groups in total. The van der Waals surface area contributed by atoms with Crippen molar-refractivity contribution < 1.29 is 19.0 Å². The predicted octanol–water partition coefficient (Wildman–Crippen LogP) is 4.61. The van der Waals surface area contributed by atoms with Crippen LogP contribution in [0.3, 0.4) is 0 Å². The second-order valence-corrected chi connectivity index (χ2v) is 5.48. The lowest BCUT2D eigenvalue weighted by Gasteiger charge is -2.17. The second-order valence-electron chi connectivity index (χ2n) is 5.48. The molecule has 0 aliphatic heterocycles. The molecule has 2 aromatic rings. The van der Waals surface area contributed by atoms with E-state index in [1.54, 1.807) is 12.1 Å². The third-order valence-electron chi connectivity index (χ3n) is 3.68. The average molecular weight is 316 g/mol. The molecule has 0 amide bonds. The van der Waals surface area contributed by atoms with Gasteiger partial charge in [-0.3, -0.25) is 4.79 Å². The summed E-state index contributed by atoms with van der Waals surface area (Å²) in [6.45, 7) is 2.76. The molecule has 0 fully saturated rings. The molecule has 0 saturated heterocycles. The zero-order valence-electron chi connectivity index (χ0n) is 13.2. The summed E-state index contributed by atoms with van der Waals surface area (Å²) < 4.78 is 19.1. The van der Waals surface area contributed by atoms with Gasteiger partial charge < -0.3 is 9.84 Å². The Balaban J connectivity index is 2.20. The number of benzene rings is 2. The molecule has 0 saturated carbocycles. The Morgan fingerprint density at radius 3 is 2.52 bits per heavy atom. The average Bonchev–Trinajstić information content (AvgIpc) is 2.53. The highest BCUT2D eigenvalue weighted by Gasteiger charge is 2.18. The van der Waals surface area contributed by atoms with Crippen molar-refractivity contribution in [2.24, 2.45) is 0 Å². The van der Waals surface area contributed by atoms with E-state index < -0.39 is 5.97 Å². The van der Waals surface area contributed by atoms with E-state index in [2.05, 4.69) is 6.92 Å². The lowest BCUT2D eigenvalue weighted by Crippen LogP contribution is -2.08. The number of hydrogen-bond acceptors (Lipinski definition) is 2. The van der Waals surface area contributed by atoms with E-state index in [4.69, 9.17) is 9.84 Å². The summed E-state index contributed by atoms with van der Waals surface area (Å²) in [7, 11) is 0. The zero-order chi connectivity index (χ0) is 16.7. The molecule has 122 valence electrons. The van der Waals surface area contributed by atoms with E-state index in [0.29, 0.717) is 12.2 Å². The molecule has 23 heavy (non-hydrogen) atoms. The molecule has 0 aliphatic carbocycles. The van der Waals surface area contributed by atoms with Crippen LogP contribution in [0.15, 0.2) is 48.5 Å². The van der Waals surface area contributed by atoms with E-state index >= 15 is 0 Å².